The summed E-state index contributed by atoms with van der Waals surface area (Å²) in [6.45, 7) is 2.15. The first-order chi connectivity index (χ1) is 10.1. The number of hydrogen-bond donors (Lipinski definition) is 2. The third-order valence-corrected chi connectivity index (χ3v) is 3.97. The van der Waals surface area contributed by atoms with Crippen LogP contribution in [0.5, 0.6) is 0 Å². The highest BCUT2D eigenvalue weighted by Gasteiger charge is 2.30. The predicted molar refractivity (Wildman–Crippen MR) is 82.9 cm³/mol. The highest BCUT2D eigenvalue weighted by molar-refractivity contribution is 5.91. The van der Waals surface area contributed by atoms with Gasteiger partial charge >= 0.3 is 0 Å². The summed E-state index contributed by atoms with van der Waals surface area (Å²) in [6.07, 6.45) is 4.57. The fourth-order valence-corrected chi connectivity index (χ4v) is 2.52. The van der Waals surface area contributed by atoms with Crippen LogP contribution in [-0.2, 0) is 11.2 Å². The second-order valence-electron chi connectivity index (χ2n) is 5.71. The van der Waals surface area contributed by atoms with Gasteiger partial charge in [0.05, 0.1) is 18.7 Å². The number of nitrogen functional groups attached to an aromatic ring is 1. The van der Waals surface area contributed by atoms with E-state index >= 15 is 0 Å². The number of hydrogen-bond acceptors (Lipinski definition) is 3. The molecule has 1 aromatic carbocycles. The molecule has 2 aromatic rings. The lowest BCUT2D eigenvalue weighted by Crippen LogP contribution is -2.19. The molecule has 0 radical (unpaired) electrons. The van der Waals surface area contributed by atoms with Gasteiger partial charge < -0.3 is 11.1 Å². The zero-order chi connectivity index (χ0) is 14.8. The number of rotatable bonds is 5. The largest absolute Gasteiger partial charge is 0.399 e. The Morgan fingerprint density at radius 2 is 2.10 bits per heavy atom. The summed E-state index contributed by atoms with van der Waals surface area (Å²) in [5, 5.41) is 7.28. The quantitative estimate of drug-likeness (QED) is 0.829. The Morgan fingerprint density at radius 1 is 1.38 bits per heavy atom. The molecule has 0 bridgehead atoms. The molecule has 3 N–H and O–H groups in total. The Kier molecular flexibility index (Phi) is 3.64. The molecule has 5 heteroatoms. The van der Waals surface area contributed by atoms with Gasteiger partial charge in [0, 0.05) is 11.8 Å². The van der Waals surface area contributed by atoms with Crippen LogP contribution in [-0.4, -0.2) is 15.7 Å². The minimum Gasteiger partial charge on any atom is -0.399 e. The van der Waals surface area contributed by atoms with Gasteiger partial charge in [-0.15, -0.1) is 0 Å². The molecule has 1 heterocycles. The number of nitrogens with zero attached hydrogens (tertiary/aromatic N) is 2. The van der Waals surface area contributed by atoms with Crippen LogP contribution in [0.15, 0.2) is 36.5 Å². The monoisotopic (exact) mass is 284 g/mol. The number of aromatic nitrogens is 2. The zero-order valence-electron chi connectivity index (χ0n) is 12.1. The average Bonchev–Trinajstić information content (AvgIpc) is 3.21. The molecule has 1 aliphatic rings. The maximum atomic E-state index is 12.1. The lowest BCUT2D eigenvalue weighted by atomic mass is 10.1. The summed E-state index contributed by atoms with van der Waals surface area (Å²) in [6, 6.07) is 9.55. The summed E-state index contributed by atoms with van der Waals surface area (Å²) in [5.41, 5.74) is 7.29. The summed E-state index contributed by atoms with van der Waals surface area (Å²) < 4.78 is 1.92. The molecular formula is C16H20N4O. The molecule has 1 amide bonds. The van der Waals surface area contributed by atoms with Crippen molar-refractivity contribution in [2.45, 2.75) is 32.2 Å². The Labute approximate surface area is 124 Å². The Bertz CT molecular complexity index is 628. The highest BCUT2D eigenvalue weighted by atomic mass is 16.1. The van der Waals surface area contributed by atoms with E-state index in [2.05, 4.69) is 17.3 Å². The third-order valence-electron chi connectivity index (χ3n) is 3.97. The van der Waals surface area contributed by atoms with Crippen molar-refractivity contribution in [2.24, 2.45) is 5.92 Å². The minimum atomic E-state index is -0.0375. The molecule has 1 unspecified atom stereocenters. The smallest absolute Gasteiger partial charge is 0.229 e. The van der Waals surface area contributed by atoms with E-state index in [4.69, 9.17) is 5.73 Å². The van der Waals surface area contributed by atoms with E-state index in [1.807, 2.05) is 35.0 Å². The van der Waals surface area contributed by atoms with Crippen LogP contribution in [0.4, 0.5) is 11.5 Å². The van der Waals surface area contributed by atoms with Gasteiger partial charge in [-0.25, -0.2) is 4.68 Å². The second kappa shape index (κ2) is 5.60. The number of carbonyl (C=O) groups excluding carboxylic acids is 1. The van der Waals surface area contributed by atoms with E-state index in [0.717, 1.165) is 11.4 Å². The zero-order valence-corrected chi connectivity index (χ0v) is 12.1. The van der Waals surface area contributed by atoms with Gasteiger partial charge in [-0.2, -0.15) is 5.10 Å². The lowest BCUT2D eigenvalue weighted by molar-refractivity contribution is -0.115. The molecule has 1 aromatic heterocycles. The average molecular weight is 284 g/mol. The Hall–Kier alpha value is -2.30. The van der Waals surface area contributed by atoms with Crippen molar-refractivity contribution in [3.8, 4) is 0 Å². The van der Waals surface area contributed by atoms with Gasteiger partial charge in [-0.05, 0) is 43.4 Å². The van der Waals surface area contributed by atoms with Gasteiger partial charge in [0.15, 0.2) is 0 Å². The Balaban J connectivity index is 1.64. The molecule has 1 fully saturated rings. The van der Waals surface area contributed by atoms with Crippen LogP contribution in [0.3, 0.4) is 0 Å². The van der Waals surface area contributed by atoms with Crippen molar-refractivity contribution in [1.29, 1.82) is 0 Å². The predicted octanol–water partition coefficient (Wildman–Crippen LogP) is 2.62. The number of benzene rings is 1. The molecular weight excluding hydrogens is 264 g/mol. The number of nitrogens with two attached hydrogens (primary N) is 1. The normalized spacial score (nSPS) is 15.7. The minimum absolute atomic E-state index is 0.0375. The number of amides is 1. The standard InChI is InChI=1S/C16H20N4O/c1-11(13-4-5-13)20-15(8-9-18-20)19-16(21)10-12-2-6-14(17)7-3-12/h2-3,6-9,11,13H,4-5,10,17H2,1H3,(H,19,21). The summed E-state index contributed by atoms with van der Waals surface area (Å²) in [4.78, 5) is 12.1. The number of carbonyl (C=O) groups is 1. The van der Waals surface area contributed by atoms with Crippen LogP contribution < -0.4 is 11.1 Å². The van der Waals surface area contributed by atoms with Gasteiger partial charge in [0.25, 0.3) is 0 Å². The topological polar surface area (TPSA) is 72.9 Å². The van der Waals surface area contributed by atoms with Crippen LogP contribution in [0.2, 0.25) is 0 Å². The van der Waals surface area contributed by atoms with Crippen LogP contribution in [0.25, 0.3) is 0 Å². The first-order valence-corrected chi connectivity index (χ1v) is 7.31. The van der Waals surface area contributed by atoms with Crippen LogP contribution in [0, 0.1) is 5.92 Å². The van der Waals surface area contributed by atoms with Crippen molar-refractivity contribution < 1.29 is 4.79 Å². The first kappa shape index (κ1) is 13.7. The van der Waals surface area contributed by atoms with Gasteiger partial charge in [-0.3, -0.25) is 4.79 Å². The maximum Gasteiger partial charge on any atom is 0.229 e. The first-order valence-electron chi connectivity index (χ1n) is 7.31. The lowest BCUT2D eigenvalue weighted by Gasteiger charge is -2.15. The number of anilines is 2. The molecule has 1 atom stereocenters. The van der Waals surface area contributed by atoms with Gasteiger partial charge in [0.1, 0.15) is 5.82 Å². The molecule has 0 spiro atoms. The summed E-state index contributed by atoms with van der Waals surface area (Å²) in [7, 11) is 0. The third kappa shape index (κ3) is 3.24. The van der Waals surface area contributed by atoms with Crippen molar-refractivity contribution >= 4 is 17.4 Å². The Morgan fingerprint density at radius 3 is 2.76 bits per heavy atom. The van der Waals surface area contributed by atoms with Crippen LogP contribution >= 0.6 is 0 Å². The second-order valence-corrected chi connectivity index (χ2v) is 5.71. The molecule has 0 saturated heterocycles. The summed E-state index contributed by atoms with van der Waals surface area (Å²) >= 11 is 0. The summed E-state index contributed by atoms with van der Waals surface area (Å²) in [5.74, 6) is 1.43. The molecule has 1 aliphatic carbocycles. The van der Waals surface area contributed by atoms with E-state index in [1.54, 1.807) is 6.20 Å². The molecule has 110 valence electrons. The molecule has 1 saturated carbocycles. The van der Waals surface area contributed by atoms with E-state index < -0.39 is 0 Å². The molecule has 0 aliphatic heterocycles. The van der Waals surface area contributed by atoms with Crippen LogP contribution in [0.1, 0.15) is 31.4 Å². The number of nitrogens with one attached hydrogen (secondary N) is 1. The van der Waals surface area contributed by atoms with E-state index in [0.29, 0.717) is 24.1 Å². The molecule has 3 rings (SSSR count). The fourth-order valence-electron chi connectivity index (χ4n) is 2.52. The van der Waals surface area contributed by atoms with E-state index in [1.165, 1.54) is 12.8 Å². The van der Waals surface area contributed by atoms with E-state index in [9.17, 15) is 4.79 Å². The van der Waals surface area contributed by atoms with Crippen molar-refractivity contribution in [1.82, 2.24) is 9.78 Å². The van der Waals surface area contributed by atoms with E-state index in [-0.39, 0.29) is 5.91 Å². The highest BCUT2D eigenvalue weighted by Crippen LogP contribution is 2.40. The van der Waals surface area contributed by atoms with Gasteiger partial charge in [0.2, 0.25) is 5.91 Å². The van der Waals surface area contributed by atoms with Gasteiger partial charge in [-0.1, -0.05) is 12.1 Å². The fraction of sp³-hybridized carbons (Fsp3) is 0.375. The van der Waals surface area contributed by atoms with Crippen molar-refractivity contribution in [2.75, 3.05) is 11.1 Å². The maximum absolute atomic E-state index is 12.1. The SMILES string of the molecule is CC(C1CC1)n1nccc1NC(=O)Cc1ccc(N)cc1. The molecule has 21 heavy (non-hydrogen) atoms. The van der Waals surface area contributed by atoms with Crippen molar-refractivity contribution in [3.05, 3.63) is 42.1 Å². The molecule has 5 nitrogen and oxygen atoms in total. The van der Waals surface area contributed by atoms with Crippen molar-refractivity contribution in [3.63, 3.8) is 0 Å².